The van der Waals surface area contributed by atoms with E-state index in [2.05, 4.69) is 15.5 Å². The van der Waals surface area contributed by atoms with Gasteiger partial charge < -0.3 is 10.4 Å². The summed E-state index contributed by atoms with van der Waals surface area (Å²) < 4.78 is 2.90. The van der Waals surface area contributed by atoms with E-state index in [0.717, 1.165) is 5.56 Å². The van der Waals surface area contributed by atoms with Crippen LogP contribution in [0.1, 0.15) is 34.6 Å². The Labute approximate surface area is 150 Å². The van der Waals surface area contributed by atoms with Crippen LogP contribution in [0, 0.1) is 6.92 Å². The molecule has 1 aromatic carbocycles. The van der Waals surface area contributed by atoms with Crippen LogP contribution in [-0.2, 0) is 11.3 Å². The Bertz CT molecular complexity index is 944. The summed E-state index contributed by atoms with van der Waals surface area (Å²) in [4.78, 5) is 23.6. The topological polar surface area (TPSA) is 102 Å². The van der Waals surface area contributed by atoms with Gasteiger partial charge in [0.1, 0.15) is 11.7 Å². The molecule has 0 fully saturated rings. The number of carbonyl (C=O) groups excluding carboxylic acids is 1. The van der Waals surface area contributed by atoms with Crippen LogP contribution >= 0.6 is 0 Å². The minimum absolute atomic E-state index is 0.161. The van der Waals surface area contributed by atoms with Gasteiger partial charge in [-0.15, -0.1) is 0 Å². The third-order valence-corrected chi connectivity index (χ3v) is 4.10. The van der Waals surface area contributed by atoms with Crippen molar-refractivity contribution in [1.29, 1.82) is 0 Å². The van der Waals surface area contributed by atoms with Crippen LogP contribution in [0.2, 0.25) is 0 Å². The maximum Gasteiger partial charge on any atom is 0.328 e. The van der Waals surface area contributed by atoms with Crippen molar-refractivity contribution in [3.05, 3.63) is 65.6 Å². The number of aryl methyl sites for hydroxylation is 1. The summed E-state index contributed by atoms with van der Waals surface area (Å²) in [5, 5.41) is 20.0. The van der Waals surface area contributed by atoms with E-state index in [9.17, 15) is 9.59 Å². The second kappa shape index (κ2) is 7.22. The molecule has 1 unspecified atom stereocenters. The van der Waals surface area contributed by atoms with E-state index in [-0.39, 0.29) is 5.69 Å². The number of nitrogens with one attached hydrogen (secondary N) is 1. The summed E-state index contributed by atoms with van der Waals surface area (Å²) in [6, 6.07) is 10.2. The highest BCUT2D eigenvalue weighted by Gasteiger charge is 2.21. The number of anilines is 1. The van der Waals surface area contributed by atoms with Crippen LogP contribution in [0.5, 0.6) is 0 Å². The first-order valence-electron chi connectivity index (χ1n) is 8.11. The first-order valence-corrected chi connectivity index (χ1v) is 8.11. The average molecular weight is 353 g/mol. The molecule has 2 N–H and O–H groups in total. The monoisotopic (exact) mass is 353 g/mol. The zero-order valence-electron chi connectivity index (χ0n) is 14.5. The van der Waals surface area contributed by atoms with E-state index in [1.54, 1.807) is 16.9 Å². The third kappa shape index (κ3) is 3.64. The number of hydrogen-bond acceptors (Lipinski definition) is 4. The molecule has 3 aromatic rings. The van der Waals surface area contributed by atoms with Crippen molar-refractivity contribution in [2.75, 3.05) is 5.32 Å². The van der Waals surface area contributed by atoms with Crippen LogP contribution in [0.15, 0.2) is 48.8 Å². The van der Waals surface area contributed by atoms with Crippen LogP contribution in [0.4, 0.5) is 5.82 Å². The minimum atomic E-state index is -1.06. The fraction of sp³-hybridized carbons (Fsp3) is 0.222. The normalized spacial score (nSPS) is 11.9. The molecule has 0 saturated heterocycles. The molecule has 1 atom stereocenters. The van der Waals surface area contributed by atoms with Gasteiger partial charge in [0.05, 0.1) is 6.54 Å². The molecule has 26 heavy (non-hydrogen) atoms. The number of aliphatic carboxylic acids is 1. The van der Waals surface area contributed by atoms with Crippen molar-refractivity contribution in [3.8, 4) is 0 Å². The summed E-state index contributed by atoms with van der Waals surface area (Å²) in [5.74, 6) is -1.14. The number of rotatable bonds is 6. The van der Waals surface area contributed by atoms with Gasteiger partial charge in [-0.05, 0) is 31.0 Å². The summed E-state index contributed by atoms with van der Waals surface area (Å²) in [7, 11) is 0. The predicted molar refractivity (Wildman–Crippen MR) is 95.0 cm³/mol. The highest BCUT2D eigenvalue weighted by atomic mass is 16.4. The number of carbonyl (C=O) groups is 2. The molecule has 0 aliphatic carbocycles. The molecule has 8 nitrogen and oxygen atoms in total. The van der Waals surface area contributed by atoms with Crippen molar-refractivity contribution >= 4 is 17.7 Å². The Hall–Kier alpha value is -3.42. The van der Waals surface area contributed by atoms with Crippen molar-refractivity contribution in [3.63, 3.8) is 0 Å². The van der Waals surface area contributed by atoms with Crippen LogP contribution in [0.25, 0.3) is 0 Å². The summed E-state index contributed by atoms with van der Waals surface area (Å²) in [6.45, 7) is 4.09. The lowest BCUT2D eigenvalue weighted by molar-refractivity contribution is -0.140. The summed E-state index contributed by atoms with van der Waals surface area (Å²) >= 11 is 0. The van der Waals surface area contributed by atoms with Crippen LogP contribution in [-0.4, -0.2) is 36.5 Å². The quantitative estimate of drug-likeness (QED) is 0.708. The lowest BCUT2D eigenvalue weighted by atomic mass is 10.1. The summed E-state index contributed by atoms with van der Waals surface area (Å²) in [6.07, 6.45) is 3.17. The van der Waals surface area contributed by atoms with Crippen molar-refractivity contribution in [2.45, 2.75) is 26.4 Å². The van der Waals surface area contributed by atoms with Gasteiger partial charge in [0.2, 0.25) is 0 Å². The Morgan fingerprint density at radius 2 is 2.00 bits per heavy atom. The maximum atomic E-state index is 12.4. The van der Waals surface area contributed by atoms with E-state index in [1.807, 2.05) is 31.2 Å². The second-order valence-corrected chi connectivity index (χ2v) is 5.95. The summed E-state index contributed by atoms with van der Waals surface area (Å²) in [5.41, 5.74) is 2.47. The molecule has 2 heterocycles. The SMILES string of the molecule is Cc1ccccc1Cn1ccc(NC(=O)c2ccnn2C(C)C(=O)O)n1. The molecule has 134 valence electrons. The maximum absolute atomic E-state index is 12.4. The number of carboxylic acid groups (broad SMARTS) is 1. The third-order valence-electron chi connectivity index (χ3n) is 4.10. The second-order valence-electron chi connectivity index (χ2n) is 5.95. The van der Waals surface area contributed by atoms with Crippen LogP contribution < -0.4 is 5.32 Å². The number of hydrogen-bond donors (Lipinski definition) is 2. The Morgan fingerprint density at radius 1 is 1.23 bits per heavy atom. The molecule has 0 aliphatic rings. The van der Waals surface area contributed by atoms with Gasteiger partial charge in [-0.1, -0.05) is 24.3 Å². The van der Waals surface area contributed by atoms with Gasteiger partial charge in [-0.2, -0.15) is 10.2 Å². The standard InChI is InChI=1S/C18H19N5O3/c1-12-5-3-4-6-14(12)11-22-10-8-16(21-22)20-17(24)15-7-9-19-23(15)13(2)18(25)26/h3-10,13H,11H2,1-2H3,(H,25,26)(H,20,21,24). The molecule has 0 aliphatic heterocycles. The molecule has 2 aromatic heterocycles. The zero-order valence-corrected chi connectivity index (χ0v) is 14.5. The lowest BCUT2D eigenvalue weighted by Gasteiger charge is -2.10. The van der Waals surface area contributed by atoms with Gasteiger partial charge in [0, 0.05) is 18.5 Å². The Balaban J connectivity index is 1.72. The molecular weight excluding hydrogens is 334 g/mol. The molecule has 8 heteroatoms. The van der Waals surface area contributed by atoms with E-state index in [0.29, 0.717) is 12.4 Å². The molecule has 3 rings (SSSR count). The highest BCUT2D eigenvalue weighted by molar-refractivity contribution is 6.02. The number of benzene rings is 1. The Morgan fingerprint density at radius 3 is 2.73 bits per heavy atom. The largest absolute Gasteiger partial charge is 0.480 e. The van der Waals surface area contributed by atoms with Crippen molar-refractivity contribution < 1.29 is 14.7 Å². The van der Waals surface area contributed by atoms with Gasteiger partial charge in [0.15, 0.2) is 5.82 Å². The lowest BCUT2D eigenvalue weighted by Crippen LogP contribution is -2.24. The zero-order chi connectivity index (χ0) is 18.7. The van der Waals surface area contributed by atoms with Gasteiger partial charge >= 0.3 is 5.97 Å². The van der Waals surface area contributed by atoms with E-state index in [1.165, 1.54) is 29.4 Å². The van der Waals surface area contributed by atoms with Gasteiger partial charge in [-0.25, -0.2) is 9.48 Å². The molecule has 0 spiro atoms. The highest BCUT2D eigenvalue weighted by Crippen LogP contribution is 2.13. The molecule has 0 saturated carbocycles. The van der Waals surface area contributed by atoms with Crippen molar-refractivity contribution in [2.24, 2.45) is 0 Å². The van der Waals surface area contributed by atoms with Crippen LogP contribution in [0.3, 0.4) is 0 Å². The predicted octanol–water partition coefficient (Wildman–Crippen LogP) is 2.33. The first-order chi connectivity index (χ1) is 12.5. The average Bonchev–Trinajstić information content (AvgIpc) is 3.25. The number of aromatic nitrogens is 4. The Kier molecular flexibility index (Phi) is 4.83. The molecule has 0 radical (unpaired) electrons. The van der Waals surface area contributed by atoms with E-state index in [4.69, 9.17) is 5.11 Å². The number of carboxylic acids is 1. The van der Waals surface area contributed by atoms with Gasteiger partial charge in [0.25, 0.3) is 5.91 Å². The van der Waals surface area contributed by atoms with Crippen molar-refractivity contribution in [1.82, 2.24) is 19.6 Å². The number of amides is 1. The fourth-order valence-corrected chi connectivity index (χ4v) is 2.57. The number of nitrogens with zero attached hydrogens (tertiary/aromatic N) is 4. The molecule has 0 bridgehead atoms. The van der Waals surface area contributed by atoms with E-state index >= 15 is 0 Å². The fourth-order valence-electron chi connectivity index (χ4n) is 2.57. The van der Waals surface area contributed by atoms with E-state index < -0.39 is 17.9 Å². The molecular formula is C18H19N5O3. The smallest absolute Gasteiger partial charge is 0.328 e. The minimum Gasteiger partial charge on any atom is -0.480 e. The first kappa shape index (κ1) is 17.4. The molecule has 1 amide bonds. The van der Waals surface area contributed by atoms with Gasteiger partial charge in [-0.3, -0.25) is 9.48 Å².